The Kier molecular flexibility index (Phi) is 7.55. The molecule has 0 saturated heterocycles. The van der Waals surface area contributed by atoms with Gasteiger partial charge in [0, 0.05) is 12.2 Å². The maximum atomic E-state index is 13.0. The molecule has 6 nitrogen and oxygen atoms in total. The van der Waals surface area contributed by atoms with Crippen molar-refractivity contribution in [3.63, 3.8) is 0 Å². The first kappa shape index (κ1) is 24.8. The molecule has 3 aromatic rings. The Morgan fingerprint density at radius 1 is 1.03 bits per heavy atom. The van der Waals surface area contributed by atoms with E-state index in [0.717, 1.165) is 22.9 Å². The minimum atomic E-state index is -4.92. The van der Waals surface area contributed by atoms with Gasteiger partial charge in [0.05, 0.1) is 11.5 Å². The Balaban J connectivity index is 1.80. The first-order chi connectivity index (χ1) is 16.0. The van der Waals surface area contributed by atoms with Crippen LogP contribution < -0.4 is 10.9 Å². The monoisotopic (exact) mass is 472 g/mol. The van der Waals surface area contributed by atoms with E-state index < -0.39 is 41.1 Å². The highest BCUT2D eigenvalue weighted by Gasteiger charge is 2.34. The number of aromatic nitrogens is 1. The summed E-state index contributed by atoms with van der Waals surface area (Å²) < 4.78 is 39.1. The van der Waals surface area contributed by atoms with E-state index in [-0.39, 0.29) is 18.4 Å². The van der Waals surface area contributed by atoms with Crippen molar-refractivity contribution in [2.75, 3.05) is 0 Å². The third-order valence-corrected chi connectivity index (χ3v) is 5.41. The SMILES string of the molecule is C[C@H](C[C@@H](Cc1ccc(-c2ccccc2)cc1)NC(=O)c1c[nH]c(=O)c(C(F)(F)F)c1)C(=O)O. The van der Waals surface area contributed by atoms with Crippen LogP contribution in [0.15, 0.2) is 71.7 Å². The smallest absolute Gasteiger partial charge is 0.421 e. The third kappa shape index (κ3) is 6.34. The number of pyridine rings is 1. The molecule has 0 fully saturated rings. The number of hydrogen-bond acceptors (Lipinski definition) is 3. The number of aromatic amines is 1. The van der Waals surface area contributed by atoms with Crippen LogP contribution in [0.2, 0.25) is 0 Å². The van der Waals surface area contributed by atoms with E-state index >= 15 is 0 Å². The molecule has 0 aliphatic rings. The number of hydrogen-bond donors (Lipinski definition) is 3. The third-order valence-electron chi connectivity index (χ3n) is 5.41. The molecule has 9 heteroatoms. The summed E-state index contributed by atoms with van der Waals surface area (Å²) in [5.41, 5.74) is -0.376. The number of carboxylic acids is 1. The average molecular weight is 472 g/mol. The van der Waals surface area contributed by atoms with E-state index in [0.29, 0.717) is 6.07 Å². The topological polar surface area (TPSA) is 99.3 Å². The zero-order valence-corrected chi connectivity index (χ0v) is 18.2. The van der Waals surface area contributed by atoms with Crippen molar-refractivity contribution in [1.82, 2.24) is 10.3 Å². The Hall–Kier alpha value is -3.88. The molecule has 3 rings (SSSR count). The lowest BCUT2D eigenvalue weighted by Gasteiger charge is -2.21. The molecule has 34 heavy (non-hydrogen) atoms. The van der Waals surface area contributed by atoms with Gasteiger partial charge in [0.2, 0.25) is 0 Å². The maximum absolute atomic E-state index is 13.0. The summed E-state index contributed by atoms with van der Waals surface area (Å²) in [6, 6.07) is 17.0. The Morgan fingerprint density at radius 2 is 1.65 bits per heavy atom. The normalized spacial score (nSPS) is 13.2. The number of carbonyl (C=O) groups excluding carboxylic acids is 1. The summed E-state index contributed by atoms with van der Waals surface area (Å²) in [5.74, 6) is -2.69. The van der Waals surface area contributed by atoms with Crippen LogP contribution in [0.3, 0.4) is 0 Å². The summed E-state index contributed by atoms with van der Waals surface area (Å²) >= 11 is 0. The van der Waals surface area contributed by atoms with E-state index in [1.54, 1.807) is 0 Å². The highest BCUT2D eigenvalue weighted by molar-refractivity contribution is 5.94. The number of aliphatic carboxylic acids is 1. The second kappa shape index (κ2) is 10.4. The summed E-state index contributed by atoms with van der Waals surface area (Å²) in [5, 5.41) is 11.9. The number of H-pyrrole nitrogens is 1. The van der Waals surface area contributed by atoms with Crippen LogP contribution in [0.1, 0.15) is 34.8 Å². The summed E-state index contributed by atoms with van der Waals surface area (Å²) in [7, 11) is 0. The highest BCUT2D eigenvalue weighted by Crippen LogP contribution is 2.27. The van der Waals surface area contributed by atoms with E-state index in [2.05, 4.69) is 5.32 Å². The number of carbonyl (C=O) groups is 2. The Morgan fingerprint density at radius 3 is 2.24 bits per heavy atom. The lowest BCUT2D eigenvalue weighted by Crippen LogP contribution is -2.39. The zero-order chi connectivity index (χ0) is 24.9. The van der Waals surface area contributed by atoms with Gasteiger partial charge in [-0.3, -0.25) is 14.4 Å². The fourth-order valence-electron chi connectivity index (χ4n) is 3.56. The van der Waals surface area contributed by atoms with Crippen LogP contribution in [0.5, 0.6) is 0 Å². The predicted molar refractivity (Wildman–Crippen MR) is 120 cm³/mol. The lowest BCUT2D eigenvalue weighted by atomic mass is 9.94. The number of benzene rings is 2. The minimum absolute atomic E-state index is 0.0665. The summed E-state index contributed by atoms with van der Waals surface area (Å²) in [4.78, 5) is 37.4. The number of nitrogens with one attached hydrogen (secondary N) is 2. The molecule has 178 valence electrons. The van der Waals surface area contributed by atoms with Gasteiger partial charge in [-0.15, -0.1) is 0 Å². The van der Waals surface area contributed by atoms with Gasteiger partial charge < -0.3 is 15.4 Å². The number of amides is 1. The van der Waals surface area contributed by atoms with Gasteiger partial charge in [0.25, 0.3) is 11.5 Å². The van der Waals surface area contributed by atoms with Crippen molar-refractivity contribution in [1.29, 1.82) is 0 Å². The van der Waals surface area contributed by atoms with Crippen molar-refractivity contribution in [2.24, 2.45) is 5.92 Å². The molecular formula is C25H23F3N2O4. The second-order valence-corrected chi connectivity index (χ2v) is 8.04. The molecule has 1 heterocycles. The molecular weight excluding hydrogens is 449 g/mol. The Labute approximate surface area is 193 Å². The number of carboxylic acid groups (broad SMARTS) is 1. The average Bonchev–Trinajstić information content (AvgIpc) is 2.79. The fourth-order valence-corrected chi connectivity index (χ4v) is 3.56. The van der Waals surface area contributed by atoms with Crippen molar-refractivity contribution >= 4 is 11.9 Å². The summed E-state index contributed by atoms with van der Waals surface area (Å²) in [6.07, 6.45) is -3.67. The van der Waals surface area contributed by atoms with Gasteiger partial charge in [0.1, 0.15) is 5.56 Å². The van der Waals surface area contributed by atoms with Gasteiger partial charge in [0.15, 0.2) is 0 Å². The molecule has 2 aromatic carbocycles. The van der Waals surface area contributed by atoms with Crippen molar-refractivity contribution in [2.45, 2.75) is 32.0 Å². The standard InChI is InChI=1S/C25H23F3N2O4/c1-15(24(33)34)11-20(12-16-7-9-18(10-8-16)17-5-3-2-4-6-17)30-22(31)19-13-21(25(26,27)28)23(32)29-14-19/h2-10,13-15,20H,11-12H2,1H3,(H,29,32)(H,30,31)(H,33,34)/t15-,20+/m1/s1. The van der Waals surface area contributed by atoms with Crippen LogP contribution in [0.25, 0.3) is 11.1 Å². The molecule has 0 unspecified atom stereocenters. The molecule has 0 bridgehead atoms. The van der Waals surface area contributed by atoms with Crippen LogP contribution in [0, 0.1) is 5.92 Å². The van der Waals surface area contributed by atoms with E-state index in [1.807, 2.05) is 59.6 Å². The molecule has 0 saturated carbocycles. The van der Waals surface area contributed by atoms with Crippen LogP contribution in [-0.2, 0) is 17.4 Å². The first-order valence-electron chi connectivity index (χ1n) is 10.5. The molecule has 0 radical (unpaired) electrons. The second-order valence-electron chi connectivity index (χ2n) is 8.04. The first-order valence-corrected chi connectivity index (χ1v) is 10.5. The van der Waals surface area contributed by atoms with Gasteiger partial charge in [-0.2, -0.15) is 13.2 Å². The predicted octanol–water partition coefficient (Wildman–Crippen LogP) is 4.51. The van der Waals surface area contributed by atoms with Crippen molar-refractivity contribution < 1.29 is 27.9 Å². The Bertz CT molecular complexity index is 1210. The van der Waals surface area contributed by atoms with Crippen LogP contribution in [-0.4, -0.2) is 28.0 Å². The maximum Gasteiger partial charge on any atom is 0.421 e. The molecule has 0 aliphatic carbocycles. The molecule has 1 amide bonds. The van der Waals surface area contributed by atoms with Crippen molar-refractivity contribution in [3.05, 3.63) is 93.9 Å². The summed E-state index contributed by atoms with van der Waals surface area (Å²) in [6.45, 7) is 1.49. The minimum Gasteiger partial charge on any atom is -0.481 e. The molecule has 3 N–H and O–H groups in total. The lowest BCUT2D eigenvalue weighted by molar-refractivity contribution is -0.141. The van der Waals surface area contributed by atoms with Crippen LogP contribution in [0.4, 0.5) is 13.2 Å². The quantitative estimate of drug-likeness (QED) is 0.449. The van der Waals surface area contributed by atoms with Gasteiger partial charge in [-0.25, -0.2) is 0 Å². The zero-order valence-electron chi connectivity index (χ0n) is 18.2. The highest BCUT2D eigenvalue weighted by atomic mass is 19.4. The van der Waals surface area contributed by atoms with Gasteiger partial charge in [-0.1, -0.05) is 61.5 Å². The molecule has 0 spiro atoms. The van der Waals surface area contributed by atoms with Crippen LogP contribution >= 0.6 is 0 Å². The van der Waals surface area contributed by atoms with Gasteiger partial charge >= 0.3 is 12.1 Å². The van der Waals surface area contributed by atoms with E-state index in [4.69, 9.17) is 0 Å². The van der Waals surface area contributed by atoms with E-state index in [9.17, 15) is 32.7 Å². The molecule has 0 aliphatic heterocycles. The number of alkyl halides is 3. The van der Waals surface area contributed by atoms with Crippen molar-refractivity contribution in [3.8, 4) is 11.1 Å². The molecule has 2 atom stereocenters. The number of rotatable bonds is 8. The van der Waals surface area contributed by atoms with E-state index in [1.165, 1.54) is 6.92 Å². The number of halogens is 3. The largest absolute Gasteiger partial charge is 0.481 e. The fraction of sp³-hybridized carbons (Fsp3) is 0.240. The molecule has 1 aromatic heterocycles. The van der Waals surface area contributed by atoms with Gasteiger partial charge in [-0.05, 0) is 35.6 Å².